The van der Waals surface area contributed by atoms with E-state index in [0.29, 0.717) is 0 Å². The Morgan fingerprint density at radius 3 is 2.71 bits per heavy atom. The Morgan fingerprint density at radius 1 is 1.18 bits per heavy atom. The van der Waals surface area contributed by atoms with E-state index in [1.54, 1.807) is 0 Å². The van der Waals surface area contributed by atoms with Crippen LogP contribution in [-0.2, 0) is 0 Å². The second kappa shape index (κ2) is 6.45. The maximum atomic E-state index is 5.71. The van der Waals surface area contributed by atoms with Crippen LogP contribution in [0, 0.1) is 6.92 Å². The Hall–Kier alpha value is -1.28. The van der Waals surface area contributed by atoms with Crippen LogP contribution < -0.4 is 4.74 Å². The molecule has 0 unspecified atom stereocenters. The van der Waals surface area contributed by atoms with Crippen molar-refractivity contribution in [1.29, 1.82) is 0 Å². The van der Waals surface area contributed by atoms with Crippen LogP contribution >= 0.6 is 0 Å². The van der Waals surface area contributed by atoms with Gasteiger partial charge in [-0.1, -0.05) is 29.8 Å². The summed E-state index contributed by atoms with van der Waals surface area (Å²) in [6, 6.07) is 8.26. The van der Waals surface area contributed by atoms with Gasteiger partial charge in [-0.3, -0.25) is 4.90 Å². The van der Waals surface area contributed by atoms with Gasteiger partial charge in [-0.2, -0.15) is 0 Å². The summed E-state index contributed by atoms with van der Waals surface area (Å²) in [7, 11) is 0. The van der Waals surface area contributed by atoms with E-state index >= 15 is 0 Å². The molecule has 0 amide bonds. The van der Waals surface area contributed by atoms with Crippen molar-refractivity contribution in [1.82, 2.24) is 4.90 Å². The monoisotopic (exact) mass is 231 g/mol. The van der Waals surface area contributed by atoms with E-state index in [1.807, 2.05) is 12.1 Å². The van der Waals surface area contributed by atoms with Crippen LogP contribution in [-0.4, -0.2) is 31.1 Å². The van der Waals surface area contributed by atoms with Gasteiger partial charge in [-0.25, -0.2) is 0 Å². The predicted octanol–water partition coefficient (Wildman–Crippen LogP) is 3.03. The first-order valence-corrected chi connectivity index (χ1v) is 6.41. The number of benzene rings is 1. The van der Waals surface area contributed by atoms with Crippen molar-refractivity contribution in [3.8, 4) is 5.75 Å². The molecule has 1 aliphatic rings. The van der Waals surface area contributed by atoms with Crippen LogP contribution in [0.25, 0.3) is 0 Å². The molecule has 2 rings (SSSR count). The zero-order chi connectivity index (χ0) is 11.9. The molecule has 1 aliphatic heterocycles. The van der Waals surface area contributed by atoms with Crippen molar-refractivity contribution in [2.45, 2.75) is 19.8 Å². The second-order valence-electron chi connectivity index (χ2n) is 4.58. The summed E-state index contributed by atoms with van der Waals surface area (Å²) in [5.41, 5.74) is 1.28. The van der Waals surface area contributed by atoms with Gasteiger partial charge < -0.3 is 4.74 Å². The highest BCUT2D eigenvalue weighted by molar-refractivity contribution is 5.26. The highest BCUT2D eigenvalue weighted by atomic mass is 16.5. The number of nitrogens with zero attached hydrogens (tertiary/aromatic N) is 1. The summed E-state index contributed by atoms with van der Waals surface area (Å²) >= 11 is 0. The van der Waals surface area contributed by atoms with Crippen LogP contribution in [0.15, 0.2) is 36.4 Å². The molecule has 1 aromatic carbocycles. The molecule has 0 aliphatic carbocycles. The van der Waals surface area contributed by atoms with Crippen LogP contribution in [0.4, 0.5) is 0 Å². The molecule has 17 heavy (non-hydrogen) atoms. The lowest BCUT2D eigenvalue weighted by atomic mass is 10.2. The Labute approximate surface area is 104 Å². The number of ether oxygens (including phenoxy) is 1. The Balaban J connectivity index is 1.62. The zero-order valence-corrected chi connectivity index (χ0v) is 10.6. The molecule has 0 saturated heterocycles. The largest absolute Gasteiger partial charge is 0.494 e. The van der Waals surface area contributed by atoms with E-state index in [1.165, 1.54) is 18.5 Å². The number of hydrogen-bond acceptors (Lipinski definition) is 2. The lowest BCUT2D eigenvalue weighted by Gasteiger charge is -2.22. The topological polar surface area (TPSA) is 12.5 Å². The Kier molecular flexibility index (Phi) is 4.63. The van der Waals surface area contributed by atoms with E-state index in [-0.39, 0.29) is 0 Å². The van der Waals surface area contributed by atoms with E-state index in [0.717, 1.165) is 31.9 Å². The van der Waals surface area contributed by atoms with Gasteiger partial charge in [0.1, 0.15) is 5.75 Å². The van der Waals surface area contributed by atoms with Gasteiger partial charge >= 0.3 is 0 Å². The first-order valence-electron chi connectivity index (χ1n) is 6.41. The molecule has 2 nitrogen and oxygen atoms in total. The minimum Gasteiger partial charge on any atom is -0.494 e. The zero-order valence-electron chi connectivity index (χ0n) is 10.6. The lowest BCUT2D eigenvalue weighted by molar-refractivity contribution is 0.247. The van der Waals surface area contributed by atoms with Crippen LogP contribution in [0.2, 0.25) is 0 Å². The fraction of sp³-hybridized carbons (Fsp3) is 0.467. The molecule has 0 fully saturated rings. The SMILES string of the molecule is Cc1ccc(OCCCN2CC=CCC2)cc1. The standard InChI is InChI=1S/C15H21NO/c1-14-6-8-15(9-7-14)17-13-5-12-16-10-3-2-4-11-16/h2-3,6-9H,4-5,10-13H2,1H3. The van der Waals surface area contributed by atoms with Gasteiger partial charge in [-0.15, -0.1) is 0 Å². The minimum atomic E-state index is 0.809. The second-order valence-corrected chi connectivity index (χ2v) is 4.58. The maximum absolute atomic E-state index is 5.71. The van der Waals surface area contributed by atoms with Crippen LogP contribution in [0.5, 0.6) is 5.75 Å². The quantitative estimate of drug-likeness (QED) is 0.570. The predicted molar refractivity (Wildman–Crippen MR) is 71.5 cm³/mol. The Morgan fingerprint density at radius 2 is 2.00 bits per heavy atom. The van der Waals surface area contributed by atoms with Crippen molar-refractivity contribution < 1.29 is 4.74 Å². The third kappa shape index (κ3) is 4.23. The van der Waals surface area contributed by atoms with Crippen molar-refractivity contribution in [2.75, 3.05) is 26.2 Å². The average molecular weight is 231 g/mol. The van der Waals surface area contributed by atoms with Gasteiger partial charge in [0, 0.05) is 19.6 Å². The highest BCUT2D eigenvalue weighted by Crippen LogP contribution is 2.11. The summed E-state index contributed by atoms with van der Waals surface area (Å²) < 4.78 is 5.71. The van der Waals surface area contributed by atoms with Gasteiger partial charge in [-0.05, 0) is 31.9 Å². The molecule has 0 saturated carbocycles. The Bertz CT molecular complexity index is 356. The summed E-state index contributed by atoms with van der Waals surface area (Å²) in [4.78, 5) is 2.47. The molecule has 92 valence electrons. The average Bonchev–Trinajstić information content (AvgIpc) is 2.38. The highest BCUT2D eigenvalue weighted by Gasteiger charge is 2.04. The van der Waals surface area contributed by atoms with Crippen LogP contribution in [0.3, 0.4) is 0 Å². The third-order valence-electron chi connectivity index (χ3n) is 3.05. The molecule has 0 N–H and O–H groups in total. The van der Waals surface area contributed by atoms with Crippen molar-refractivity contribution in [3.05, 3.63) is 42.0 Å². The smallest absolute Gasteiger partial charge is 0.119 e. The first kappa shape index (κ1) is 12.2. The molecular weight excluding hydrogens is 210 g/mol. The first-order chi connectivity index (χ1) is 8.34. The lowest BCUT2D eigenvalue weighted by Crippen LogP contribution is -2.29. The van der Waals surface area contributed by atoms with Crippen molar-refractivity contribution >= 4 is 0 Å². The van der Waals surface area contributed by atoms with E-state index in [2.05, 4.69) is 36.1 Å². The maximum Gasteiger partial charge on any atom is 0.119 e. The molecule has 1 aromatic rings. The summed E-state index contributed by atoms with van der Waals surface area (Å²) in [6.45, 7) is 6.33. The molecule has 0 aromatic heterocycles. The van der Waals surface area contributed by atoms with Gasteiger partial charge in [0.05, 0.1) is 6.61 Å². The molecule has 0 bridgehead atoms. The number of rotatable bonds is 5. The molecule has 0 atom stereocenters. The van der Waals surface area contributed by atoms with Crippen molar-refractivity contribution in [2.24, 2.45) is 0 Å². The summed E-state index contributed by atoms with van der Waals surface area (Å²) in [5.74, 6) is 0.981. The normalized spacial score (nSPS) is 16.1. The fourth-order valence-corrected chi connectivity index (χ4v) is 2.01. The molecule has 0 spiro atoms. The van der Waals surface area contributed by atoms with E-state index in [9.17, 15) is 0 Å². The third-order valence-corrected chi connectivity index (χ3v) is 3.05. The number of aryl methyl sites for hydroxylation is 1. The molecular formula is C15H21NO. The summed E-state index contributed by atoms with van der Waals surface area (Å²) in [6.07, 6.45) is 6.81. The fourth-order valence-electron chi connectivity index (χ4n) is 2.01. The van der Waals surface area contributed by atoms with Crippen LogP contribution in [0.1, 0.15) is 18.4 Å². The van der Waals surface area contributed by atoms with E-state index in [4.69, 9.17) is 4.74 Å². The molecule has 0 radical (unpaired) electrons. The van der Waals surface area contributed by atoms with Crippen molar-refractivity contribution in [3.63, 3.8) is 0 Å². The van der Waals surface area contributed by atoms with E-state index < -0.39 is 0 Å². The van der Waals surface area contributed by atoms with Gasteiger partial charge in [0.15, 0.2) is 0 Å². The molecule has 2 heteroatoms. The molecule has 1 heterocycles. The number of hydrogen-bond donors (Lipinski definition) is 0. The minimum absolute atomic E-state index is 0.809. The van der Waals surface area contributed by atoms with Gasteiger partial charge in [0.2, 0.25) is 0 Å². The summed E-state index contributed by atoms with van der Waals surface area (Å²) in [5, 5.41) is 0. The van der Waals surface area contributed by atoms with Gasteiger partial charge in [0.25, 0.3) is 0 Å².